The second-order valence-corrected chi connectivity index (χ2v) is 6.00. The first kappa shape index (κ1) is 13.0. The molecule has 0 saturated heterocycles. The van der Waals surface area contributed by atoms with Crippen molar-refractivity contribution in [3.8, 4) is 0 Å². The summed E-state index contributed by atoms with van der Waals surface area (Å²) < 4.78 is 13.7. The summed E-state index contributed by atoms with van der Waals surface area (Å²) in [5.74, 6) is -0.226. The van der Waals surface area contributed by atoms with Gasteiger partial charge in [-0.3, -0.25) is 0 Å². The molecule has 0 amide bonds. The lowest BCUT2D eigenvalue weighted by Crippen LogP contribution is -2.30. The van der Waals surface area contributed by atoms with Crippen LogP contribution in [0.1, 0.15) is 37.7 Å². The van der Waals surface area contributed by atoms with Crippen molar-refractivity contribution in [1.29, 1.82) is 0 Å². The Balaban J connectivity index is 2.14. The highest BCUT2D eigenvalue weighted by molar-refractivity contribution is 9.10. The van der Waals surface area contributed by atoms with Crippen LogP contribution in [0.3, 0.4) is 0 Å². The van der Waals surface area contributed by atoms with Gasteiger partial charge in [0.25, 0.3) is 0 Å². The minimum absolute atomic E-state index is 0.0233. The second kappa shape index (κ2) is 5.49. The number of hydrogen-bond acceptors (Lipinski definition) is 1. The van der Waals surface area contributed by atoms with Crippen molar-refractivity contribution in [2.45, 2.75) is 38.5 Å². The van der Waals surface area contributed by atoms with Gasteiger partial charge in [0.1, 0.15) is 5.82 Å². The predicted octanol–water partition coefficient (Wildman–Crippen LogP) is 4.07. The van der Waals surface area contributed by atoms with E-state index in [2.05, 4.69) is 15.9 Å². The molecule has 1 N–H and O–H groups in total. The molecule has 1 aromatic rings. The van der Waals surface area contributed by atoms with E-state index in [1.807, 2.05) is 12.1 Å². The molecule has 1 aliphatic rings. The zero-order valence-corrected chi connectivity index (χ0v) is 11.5. The summed E-state index contributed by atoms with van der Waals surface area (Å²) >= 11 is 3.21. The molecule has 0 radical (unpaired) electrons. The molecule has 0 aliphatic heterocycles. The zero-order valence-electron chi connectivity index (χ0n) is 9.88. The molecule has 1 aromatic carbocycles. The van der Waals surface area contributed by atoms with E-state index in [0.29, 0.717) is 4.47 Å². The summed E-state index contributed by atoms with van der Waals surface area (Å²) in [7, 11) is 0. The first-order valence-corrected chi connectivity index (χ1v) is 6.99. The molecule has 0 unspecified atom stereocenters. The van der Waals surface area contributed by atoms with Crippen LogP contribution in [-0.2, 0) is 6.42 Å². The van der Waals surface area contributed by atoms with Gasteiger partial charge < -0.3 is 5.11 Å². The molecule has 3 heteroatoms. The van der Waals surface area contributed by atoms with E-state index in [-0.39, 0.29) is 17.8 Å². The lowest BCUT2D eigenvalue weighted by atomic mass is 9.71. The van der Waals surface area contributed by atoms with Crippen LogP contribution in [0.15, 0.2) is 22.7 Å². The van der Waals surface area contributed by atoms with E-state index in [1.54, 1.807) is 0 Å². The number of halogens is 2. The third kappa shape index (κ3) is 3.08. The number of rotatable bonds is 3. The largest absolute Gasteiger partial charge is 0.396 e. The SMILES string of the molecule is OCC1(Cc2ccc(F)c(Br)c2)CCCCC1. The van der Waals surface area contributed by atoms with E-state index >= 15 is 0 Å². The van der Waals surface area contributed by atoms with Gasteiger partial charge in [-0.15, -0.1) is 0 Å². The molecule has 1 nitrogen and oxygen atoms in total. The molecule has 17 heavy (non-hydrogen) atoms. The van der Waals surface area contributed by atoms with Crippen LogP contribution in [0.5, 0.6) is 0 Å². The van der Waals surface area contributed by atoms with Gasteiger partial charge in [-0.1, -0.05) is 25.3 Å². The van der Waals surface area contributed by atoms with E-state index in [9.17, 15) is 9.50 Å². The van der Waals surface area contributed by atoms with Gasteiger partial charge >= 0.3 is 0 Å². The van der Waals surface area contributed by atoms with Crippen molar-refractivity contribution < 1.29 is 9.50 Å². The molecule has 94 valence electrons. The minimum Gasteiger partial charge on any atom is -0.396 e. The molecule has 0 spiro atoms. The first-order chi connectivity index (χ1) is 8.15. The number of hydrogen-bond donors (Lipinski definition) is 1. The minimum atomic E-state index is -0.226. The normalized spacial score (nSPS) is 19.2. The highest BCUT2D eigenvalue weighted by Gasteiger charge is 2.31. The molecule has 0 atom stereocenters. The summed E-state index contributed by atoms with van der Waals surface area (Å²) in [5, 5.41) is 9.64. The molecule has 1 saturated carbocycles. The van der Waals surface area contributed by atoms with Crippen LogP contribution in [0.4, 0.5) is 4.39 Å². The topological polar surface area (TPSA) is 20.2 Å². The van der Waals surface area contributed by atoms with E-state index in [4.69, 9.17) is 0 Å². The Hall–Kier alpha value is -0.410. The maximum Gasteiger partial charge on any atom is 0.137 e. The standard InChI is InChI=1S/C14H18BrFO/c15-12-8-11(4-5-13(12)16)9-14(10-17)6-2-1-3-7-14/h4-5,8,17H,1-3,6-7,9-10H2. The smallest absolute Gasteiger partial charge is 0.137 e. The van der Waals surface area contributed by atoms with Crippen LogP contribution >= 0.6 is 15.9 Å². The summed E-state index contributed by atoms with van der Waals surface area (Å²) in [6, 6.07) is 5.15. The van der Waals surface area contributed by atoms with E-state index in [1.165, 1.54) is 25.3 Å². The van der Waals surface area contributed by atoms with Crippen molar-refractivity contribution in [2.75, 3.05) is 6.61 Å². The molecule has 0 heterocycles. The third-order valence-corrected chi connectivity index (χ3v) is 4.42. The van der Waals surface area contributed by atoms with Crippen LogP contribution in [0.2, 0.25) is 0 Å². The van der Waals surface area contributed by atoms with E-state index in [0.717, 1.165) is 24.8 Å². The Kier molecular flexibility index (Phi) is 4.21. The van der Waals surface area contributed by atoms with Crippen molar-refractivity contribution in [3.63, 3.8) is 0 Å². The summed E-state index contributed by atoms with van der Waals surface area (Å²) in [4.78, 5) is 0. The van der Waals surface area contributed by atoms with Crippen LogP contribution < -0.4 is 0 Å². The highest BCUT2D eigenvalue weighted by Crippen LogP contribution is 2.39. The van der Waals surface area contributed by atoms with Crippen molar-refractivity contribution in [2.24, 2.45) is 5.41 Å². The first-order valence-electron chi connectivity index (χ1n) is 6.20. The molecular formula is C14H18BrFO. The Labute approximate surface area is 110 Å². The van der Waals surface area contributed by atoms with Gasteiger partial charge in [-0.25, -0.2) is 4.39 Å². The van der Waals surface area contributed by atoms with Gasteiger partial charge in [-0.05, 0) is 58.3 Å². The number of aliphatic hydroxyl groups is 1. The molecule has 0 aromatic heterocycles. The third-order valence-electron chi connectivity index (χ3n) is 3.81. The molecular weight excluding hydrogens is 283 g/mol. The summed E-state index contributed by atoms with van der Waals surface area (Å²) in [6.45, 7) is 0.238. The van der Waals surface area contributed by atoms with E-state index < -0.39 is 0 Å². The van der Waals surface area contributed by atoms with Gasteiger partial charge in [0.2, 0.25) is 0 Å². The number of aliphatic hydroxyl groups excluding tert-OH is 1. The number of benzene rings is 1. The summed E-state index contributed by atoms with van der Waals surface area (Å²) in [6.07, 6.45) is 6.68. The Morgan fingerprint density at radius 3 is 2.53 bits per heavy atom. The molecule has 1 fully saturated rings. The Bertz CT molecular complexity index is 386. The fourth-order valence-corrected chi connectivity index (χ4v) is 3.20. The molecule has 0 bridgehead atoms. The van der Waals surface area contributed by atoms with Gasteiger partial charge in [0, 0.05) is 6.61 Å². The van der Waals surface area contributed by atoms with Crippen molar-refractivity contribution in [1.82, 2.24) is 0 Å². The Morgan fingerprint density at radius 1 is 1.24 bits per heavy atom. The fraction of sp³-hybridized carbons (Fsp3) is 0.571. The average Bonchev–Trinajstić information content (AvgIpc) is 2.35. The predicted molar refractivity (Wildman–Crippen MR) is 70.4 cm³/mol. The maximum absolute atomic E-state index is 13.2. The van der Waals surface area contributed by atoms with Crippen molar-refractivity contribution in [3.05, 3.63) is 34.1 Å². The monoisotopic (exact) mass is 300 g/mol. The lowest BCUT2D eigenvalue weighted by Gasteiger charge is -2.35. The van der Waals surface area contributed by atoms with Crippen LogP contribution in [0.25, 0.3) is 0 Å². The Morgan fingerprint density at radius 2 is 1.94 bits per heavy atom. The quantitative estimate of drug-likeness (QED) is 0.892. The zero-order chi connectivity index (χ0) is 12.3. The second-order valence-electron chi connectivity index (χ2n) is 5.14. The highest BCUT2D eigenvalue weighted by atomic mass is 79.9. The lowest BCUT2D eigenvalue weighted by molar-refractivity contribution is 0.0823. The maximum atomic E-state index is 13.2. The van der Waals surface area contributed by atoms with Crippen LogP contribution in [-0.4, -0.2) is 11.7 Å². The van der Waals surface area contributed by atoms with Crippen LogP contribution in [0, 0.1) is 11.2 Å². The molecule has 2 rings (SSSR count). The molecule has 1 aliphatic carbocycles. The van der Waals surface area contributed by atoms with Crippen molar-refractivity contribution >= 4 is 15.9 Å². The van der Waals surface area contributed by atoms with Gasteiger partial charge in [0.15, 0.2) is 0 Å². The summed E-state index contributed by atoms with van der Waals surface area (Å²) in [5.41, 5.74) is 1.13. The fourth-order valence-electron chi connectivity index (χ4n) is 2.78. The average molecular weight is 301 g/mol. The van der Waals surface area contributed by atoms with Gasteiger partial charge in [0.05, 0.1) is 4.47 Å². The van der Waals surface area contributed by atoms with Gasteiger partial charge in [-0.2, -0.15) is 0 Å².